The molecular weight excluding hydrogens is 254 g/mol. The van der Waals surface area contributed by atoms with E-state index in [1.165, 1.54) is 6.07 Å². The van der Waals surface area contributed by atoms with Gasteiger partial charge in [-0.2, -0.15) is 0 Å². The predicted molar refractivity (Wildman–Crippen MR) is 76.8 cm³/mol. The van der Waals surface area contributed by atoms with Crippen LogP contribution in [0.2, 0.25) is 0 Å². The number of carbonyl (C=O) groups is 1. The van der Waals surface area contributed by atoms with E-state index in [1.54, 1.807) is 29.2 Å². The molecule has 20 heavy (non-hydrogen) atoms. The summed E-state index contributed by atoms with van der Waals surface area (Å²) < 4.78 is 5.60. The molecule has 1 fully saturated rings. The summed E-state index contributed by atoms with van der Waals surface area (Å²) in [5, 5.41) is 0.510. The van der Waals surface area contributed by atoms with Crippen molar-refractivity contribution in [3.63, 3.8) is 0 Å². The molecule has 0 unspecified atom stereocenters. The van der Waals surface area contributed by atoms with E-state index in [2.05, 4.69) is 6.92 Å². The number of para-hydroxylation sites is 1. The van der Waals surface area contributed by atoms with Gasteiger partial charge >= 0.3 is 0 Å². The number of fused-ring (bicyclic) bond motifs is 1. The largest absolute Gasteiger partial charge is 0.451 e. The smallest absolute Gasteiger partial charge is 0.289 e. The fourth-order valence-corrected chi connectivity index (χ4v) is 2.74. The van der Waals surface area contributed by atoms with Crippen LogP contribution >= 0.6 is 0 Å². The van der Waals surface area contributed by atoms with Gasteiger partial charge in [0.05, 0.1) is 5.39 Å². The zero-order valence-electron chi connectivity index (χ0n) is 11.5. The van der Waals surface area contributed by atoms with Crippen LogP contribution in [0.4, 0.5) is 0 Å². The SMILES string of the molecule is C[C@@H]1CCCN(C(=O)c2cc(=O)c3ccccc3o2)C1. The van der Waals surface area contributed by atoms with Gasteiger partial charge in [0.1, 0.15) is 5.58 Å². The van der Waals surface area contributed by atoms with E-state index in [-0.39, 0.29) is 17.1 Å². The molecule has 4 nitrogen and oxygen atoms in total. The number of hydrogen-bond acceptors (Lipinski definition) is 3. The van der Waals surface area contributed by atoms with Crippen molar-refractivity contribution in [2.75, 3.05) is 13.1 Å². The Morgan fingerprint density at radius 2 is 2.15 bits per heavy atom. The normalized spacial score (nSPS) is 19.2. The van der Waals surface area contributed by atoms with Crippen molar-refractivity contribution >= 4 is 16.9 Å². The molecule has 0 N–H and O–H groups in total. The molecule has 1 aromatic heterocycles. The monoisotopic (exact) mass is 271 g/mol. The van der Waals surface area contributed by atoms with Gasteiger partial charge in [0, 0.05) is 19.2 Å². The van der Waals surface area contributed by atoms with Gasteiger partial charge in [-0.3, -0.25) is 9.59 Å². The second kappa shape index (κ2) is 5.12. The quantitative estimate of drug-likeness (QED) is 0.801. The molecule has 1 aliphatic heterocycles. The summed E-state index contributed by atoms with van der Waals surface area (Å²) in [7, 11) is 0. The second-order valence-electron chi connectivity index (χ2n) is 5.47. The maximum Gasteiger partial charge on any atom is 0.289 e. The van der Waals surface area contributed by atoms with Crippen molar-refractivity contribution < 1.29 is 9.21 Å². The van der Waals surface area contributed by atoms with Crippen LogP contribution < -0.4 is 5.43 Å². The van der Waals surface area contributed by atoms with Gasteiger partial charge in [-0.05, 0) is 30.9 Å². The van der Waals surface area contributed by atoms with Gasteiger partial charge in [0.25, 0.3) is 5.91 Å². The third-order valence-electron chi connectivity index (χ3n) is 3.79. The Balaban J connectivity index is 1.97. The number of likely N-dealkylation sites (tertiary alicyclic amines) is 1. The lowest BCUT2D eigenvalue weighted by Crippen LogP contribution is -2.39. The van der Waals surface area contributed by atoms with Crippen LogP contribution in [0.5, 0.6) is 0 Å². The maximum atomic E-state index is 12.4. The number of hydrogen-bond donors (Lipinski definition) is 0. The first kappa shape index (κ1) is 12.9. The molecule has 0 saturated carbocycles. The molecule has 1 saturated heterocycles. The van der Waals surface area contributed by atoms with Gasteiger partial charge in [-0.25, -0.2) is 0 Å². The van der Waals surface area contributed by atoms with Crippen LogP contribution in [-0.2, 0) is 0 Å². The molecule has 0 aliphatic carbocycles. The first-order valence-corrected chi connectivity index (χ1v) is 6.97. The summed E-state index contributed by atoms with van der Waals surface area (Å²) in [6.45, 7) is 3.60. The Morgan fingerprint density at radius 3 is 2.95 bits per heavy atom. The Labute approximate surface area is 117 Å². The fourth-order valence-electron chi connectivity index (χ4n) is 2.74. The van der Waals surface area contributed by atoms with E-state index in [1.807, 2.05) is 0 Å². The van der Waals surface area contributed by atoms with Crippen LogP contribution in [-0.4, -0.2) is 23.9 Å². The van der Waals surface area contributed by atoms with Crippen LogP contribution in [0.25, 0.3) is 11.0 Å². The summed E-state index contributed by atoms with van der Waals surface area (Å²) in [6.07, 6.45) is 2.15. The van der Waals surface area contributed by atoms with Crippen LogP contribution in [0.1, 0.15) is 30.3 Å². The zero-order valence-corrected chi connectivity index (χ0v) is 11.5. The second-order valence-corrected chi connectivity index (χ2v) is 5.47. The Morgan fingerprint density at radius 1 is 1.35 bits per heavy atom. The van der Waals surface area contributed by atoms with Crippen molar-refractivity contribution in [2.45, 2.75) is 19.8 Å². The molecule has 2 heterocycles. The Hall–Kier alpha value is -2.10. The van der Waals surface area contributed by atoms with Crippen molar-refractivity contribution in [3.8, 4) is 0 Å². The number of piperidine rings is 1. The van der Waals surface area contributed by atoms with E-state index < -0.39 is 0 Å². The number of rotatable bonds is 1. The minimum absolute atomic E-state index is 0.141. The first-order chi connectivity index (χ1) is 9.65. The van der Waals surface area contributed by atoms with Crippen molar-refractivity contribution in [1.82, 2.24) is 4.90 Å². The summed E-state index contributed by atoms with van der Waals surface area (Å²) in [6, 6.07) is 8.31. The highest BCUT2D eigenvalue weighted by molar-refractivity contribution is 5.93. The van der Waals surface area contributed by atoms with Crippen LogP contribution in [0, 0.1) is 5.92 Å². The van der Waals surface area contributed by atoms with Crippen molar-refractivity contribution in [1.29, 1.82) is 0 Å². The summed E-state index contributed by atoms with van der Waals surface area (Å²) >= 11 is 0. The molecule has 2 aromatic rings. The molecule has 1 aliphatic rings. The Bertz CT molecular complexity index is 704. The van der Waals surface area contributed by atoms with Gasteiger partial charge in [-0.1, -0.05) is 19.1 Å². The van der Waals surface area contributed by atoms with Crippen molar-refractivity contribution in [3.05, 3.63) is 46.3 Å². The molecule has 1 amide bonds. The van der Waals surface area contributed by atoms with Gasteiger partial charge < -0.3 is 9.32 Å². The van der Waals surface area contributed by atoms with Gasteiger partial charge in [0.15, 0.2) is 11.2 Å². The topological polar surface area (TPSA) is 50.5 Å². The average molecular weight is 271 g/mol. The summed E-state index contributed by atoms with van der Waals surface area (Å²) in [5.74, 6) is 0.460. The fraction of sp³-hybridized carbons (Fsp3) is 0.375. The molecule has 104 valence electrons. The van der Waals surface area contributed by atoms with Gasteiger partial charge in [-0.15, -0.1) is 0 Å². The number of amides is 1. The molecule has 0 radical (unpaired) electrons. The number of benzene rings is 1. The van der Waals surface area contributed by atoms with E-state index in [0.29, 0.717) is 16.9 Å². The maximum absolute atomic E-state index is 12.4. The standard InChI is InChI=1S/C16H17NO3/c1-11-5-4-8-17(10-11)16(19)15-9-13(18)12-6-2-3-7-14(12)20-15/h2-3,6-7,9,11H,4-5,8,10H2,1H3/t11-/m1/s1. The highest BCUT2D eigenvalue weighted by Crippen LogP contribution is 2.19. The molecular formula is C16H17NO3. The lowest BCUT2D eigenvalue weighted by molar-refractivity contribution is 0.0651. The van der Waals surface area contributed by atoms with Crippen LogP contribution in [0.15, 0.2) is 39.5 Å². The minimum Gasteiger partial charge on any atom is -0.451 e. The van der Waals surface area contributed by atoms with E-state index in [9.17, 15) is 9.59 Å². The average Bonchev–Trinajstić information content (AvgIpc) is 2.46. The third kappa shape index (κ3) is 2.33. The minimum atomic E-state index is -0.181. The molecule has 3 rings (SSSR count). The molecule has 4 heteroatoms. The highest BCUT2D eigenvalue weighted by atomic mass is 16.3. The van der Waals surface area contributed by atoms with E-state index in [4.69, 9.17) is 4.42 Å². The van der Waals surface area contributed by atoms with Gasteiger partial charge in [0.2, 0.25) is 0 Å². The van der Waals surface area contributed by atoms with E-state index in [0.717, 1.165) is 25.9 Å². The number of carbonyl (C=O) groups excluding carboxylic acids is 1. The highest BCUT2D eigenvalue weighted by Gasteiger charge is 2.24. The lowest BCUT2D eigenvalue weighted by atomic mass is 10.00. The summed E-state index contributed by atoms with van der Waals surface area (Å²) in [4.78, 5) is 26.2. The summed E-state index contributed by atoms with van der Waals surface area (Å²) in [5.41, 5.74) is 0.300. The predicted octanol–water partition coefficient (Wildman–Crippen LogP) is 2.67. The first-order valence-electron chi connectivity index (χ1n) is 6.97. The molecule has 0 spiro atoms. The third-order valence-corrected chi connectivity index (χ3v) is 3.79. The molecule has 1 atom stereocenters. The van der Waals surface area contributed by atoms with Crippen molar-refractivity contribution in [2.24, 2.45) is 5.92 Å². The Kier molecular flexibility index (Phi) is 3.30. The zero-order chi connectivity index (χ0) is 14.1. The van der Waals surface area contributed by atoms with E-state index >= 15 is 0 Å². The van der Waals surface area contributed by atoms with Crippen LogP contribution in [0.3, 0.4) is 0 Å². The lowest BCUT2D eigenvalue weighted by Gasteiger charge is -2.30. The molecule has 1 aromatic carbocycles. The molecule has 0 bridgehead atoms. The number of nitrogens with zero attached hydrogens (tertiary/aromatic N) is 1.